The van der Waals surface area contributed by atoms with Crippen molar-refractivity contribution in [3.8, 4) is 11.5 Å². The zero-order valence-electron chi connectivity index (χ0n) is 17.8. The molecule has 1 amide bonds. The molecule has 0 saturated carbocycles. The van der Waals surface area contributed by atoms with E-state index >= 15 is 0 Å². The maximum atomic E-state index is 12.1. The van der Waals surface area contributed by atoms with E-state index in [4.69, 9.17) is 21.1 Å². The van der Waals surface area contributed by atoms with Crippen molar-refractivity contribution < 1.29 is 14.3 Å². The molecule has 0 bridgehead atoms. The normalized spacial score (nSPS) is 10.8. The number of carbonyl (C=O) groups excluding carboxylic acids is 1. The van der Waals surface area contributed by atoms with Crippen LogP contribution in [0.2, 0.25) is 5.02 Å². The molecule has 0 heterocycles. The number of amides is 1. The highest BCUT2D eigenvalue weighted by Gasteiger charge is 2.13. The number of benzene rings is 3. The van der Waals surface area contributed by atoms with Gasteiger partial charge >= 0.3 is 0 Å². The maximum absolute atomic E-state index is 12.1. The van der Waals surface area contributed by atoms with Crippen molar-refractivity contribution in [1.29, 1.82) is 0 Å². The summed E-state index contributed by atoms with van der Waals surface area (Å²) in [5.41, 5.74) is 5.00. The molecule has 33 heavy (non-hydrogen) atoms. The van der Waals surface area contributed by atoms with Gasteiger partial charge in [0.15, 0.2) is 11.5 Å². The van der Waals surface area contributed by atoms with E-state index in [2.05, 4.69) is 54.4 Å². The van der Waals surface area contributed by atoms with Gasteiger partial charge in [0, 0.05) is 19.8 Å². The highest BCUT2D eigenvalue weighted by atomic mass is 127. The van der Waals surface area contributed by atoms with E-state index in [0.29, 0.717) is 34.2 Å². The Morgan fingerprint density at radius 3 is 2.64 bits per heavy atom. The highest BCUT2D eigenvalue weighted by Crippen LogP contribution is 2.37. The van der Waals surface area contributed by atoms with Crippen molar-refractivity contribution in [2.24, 2.45) is 5.10 Å². The molecular weight excluding hydrogens is 621 g/mol. The van der Waals surface area contributed by atoms with Crippen molar-refractivity contribution in [1.82, 2.24) is 5.43 Å². The minimum atomic E-state index is -0.256. The monoisotopic (exact) mass is 641 g/mol. The SMILES string of the molecule is CCOc1cc(/C=N\NC(=O)CNc2ccc(I)cc2)cc(Br)c1OCc1ccccc1Cl. The predicted molar refractivity (Wildman–Crippen MR) is 144 cm³/mol. The lowest BCUT2D eigenvalue weighted by molar-refractivity contribution is -0.119. The van der Waals surface area contributed by atoms with Crippen LogP contribution >= 0.6 is 50.1 Å². The topological polar surface area (TPSA) is 72.0 Å². The average molecular weight is 643 g/mol. The Balaban J connectivity index is 1.61. The summed E-state index contributed by atoms with van der Waals surface area (Å²) < 4.78 is 13.6. The van der Waals surface area contributed by atoms with Gasteiger partial charge in [0.25, 0.3) is 5.91 Å². The molecule has 9 heteroatoms. The summed E-state index contributed by atoms with van der Waals surface area (Å²) in [6, 6.07) is 18.9. The molecule has 0 fully saturated rings. The van der Waals surface area contributed by atoms with Crippen LogP contribution in [0.15, 0.2) is 70.2 Å². The molecule has 0 aliphatic heterocycles. The number of rotatable bonds is 10. The summed E-state index contributed by atoms with van der Waals surface area (Å²) >= 11 is 12.0. The van der Waals surface area contributed by atoms with E-state index < -0.39 is 0 Å². The minimum Gasteiger partial charge on any atom is -0.490 e. The third kappa shape index (κ3) is 7.90. The summed E-state index contributed by atoms with van der Waals surface area (Å²) in [6.07, 6.45) is 1.55. The quantitative estimate of drug-likeness (QED) is 0.156. The molecule has 172 valence electrons. The second-order valence-electron chi connectivity index (χ2n) is 6.80. The fraction of sp³-hybridized carbons (Fsp3) is 0.167. The fourth-order valence-electron chi connectivity index (χ4n) is 2.80. The molecule has 0 aromatic heterocycles. The van der Waals surface area contributed by atoms with Crippen LogP contribution in [0.5, 0.6) is 11.5 Å². The maximum Gasteiger partial charge on any atom is 0.259 e. The molecule has 0 atom stereocenters. The number of carbonyl (C=O) groups is 1. The smallest absolute Gasteiger partial charge is 0.259 e. The number of hydrogen-bond donors (Lipinski definition) is 2. The van der Waals surface area contributed by atoms with Gasteiger partial charge in [-0.2, -0.15) is 5.10 Å². The predicted octanol–water partition coefficient (Wildman–Crippen LogP) is 6.25. The highest BCUT2D eigenvalue weighted by molar-refractivity contribution is 14.1. The average Bonchev–Trinajstić information content (AvgIpc) is 2.79. The molecule has 0 unspecified atom stereocenters. The molecular formula is C24H22BrClIN3O3. The number of ether oxygens (including phenoxy) is 2. The lowest BCUT2D eigenvalue weighted by Gasteiger charge is -2.15. The van der Waals surface area contributed by atoms with Crippen molar-refractivity contribution in [2.75, 3.05) is 18.5 Å². The number of nitrogens with one attached hydrogen (secondary N) is 2. The summed E-state index contributed by atoms with van der Waals surface area (Å²) in [6.45, 7) is 2.78. The van der Waals surface area contributed by atoms with Gasteiger partial charge < -0.3 is 14.8 Å². The first kappa shape index (κ1) is 25.3. The molecule has 6 nitrogen and oxygen atoms in total. The van der Waals surface area contributed by atoms with Crippen LogP contribution in [0.1, 0.15) is 18.1 Å². The van der Waals surface area contributed by atoms with Crippen molar-refractivity contribution >= 4 is 67.9 Å². The van der Waals surface area contributed by atoms with Crippen LogP contribution in [0.4, 0.5) is 5.69 Å². The first-order chi connectivity index (χ1) is 16.0. The number of hydrogen-bond acceptors (Lipinski definition) is 5. The van der Waals surface area contributed by atoms with Crippen LogP contribution in [0.3, 0.4) is 0 Å². The molecule has 0 aliphatic rings. The number of anilines is 1. The molecule has 3 rings (SSSR count). The van der Waals surface area contributed by atoms with E-state index in [9.17, 15) is 4.79 Å². The Morgan fingerprint density at radius 2 is 1.91 bits per heavy atom. The van der Waals surface area contributed by atoms with Gasteiger partial charge in [-0.25, -0.2) is 5.43 Å². The van der Waals surface area contributed by atoms with E-state index in [-0.39, 0.29) is 12.5 Å². The zero-order valence-corrected chi connectivity index (χ0v) is 22.3. The molecule has 0 spiro atoms. The second kappa shape index (κ2) is 12.8. The molecule has 3 aromatic rings. The Hall–Kier alpha value is -2.30. The standard InChI is InChI=1S/C24H22BrClIN3O3/c1-2-32-22-12-16(11-20(25)24(22)33-15-17-5-3-4-6-21(17)26)13-29-30-23(31)14-28-19-9-7-18(27)8-10-19/h3-13,28H,2,14-15H2,1H3,(H,30,31)/b29-13-. The van der Waals surface area contributed by atoms with Gasteiger partial charge in [-0.3, -0.25) is 4.79 Å². The summed E-state index contributed by atoms with van der Waals surface area (Å²) in [7, 11) is 0. The molecule has 2 N–H and O–H groups in total. The van der Waals surface area contributed by atoms with Gasteiger partial charge in [0.2, 0.25) is 0 Å². The van der Waals surface area contributed by atoms with Gasteiger partial charge in [-0.1, -0.05) is 29.8 Å². The van der Waals surface area contributed by atoms with E-state index in [1.165, 1.54) is 0 Å². The van der Waals surface area contributed by atoms with Crippen molar-refractivity contribution in [3.63, 3.8) is 0 Å². The van der Waals surface area contributed by atoms with E-state index in [1.807, 2.05) is 61.5 Å². The Labute approximate surface area is 220 Å². The zero-order chi connectivity index (χ0) is 23.6. The summed E-state index contributed by atoms with van der Waals surface area (Å²) in [5, 5.41) is 7.74. The number of nitrogens with zero attached hydrogens (tertiary/aromatic N) is 1. The molecule has 3 aromatic carbocycles. The van der Waals surface area contributed by atoms with Crippen molar-refractivity contribution in [2.45, 2.75) is 13.5 Å². The van der Waals surface area contributed by atoms with Crippen LogP contribution in [-0.4, -0.2) is 25.3 Å². The third-order valence-corrected chi connectivity index (χ3v) is 6.04. The third-order valence-electron chi connectivity index (χ3n) is 4.36. The number of halogens is 3. The number of hydrazone groups is 1. The van der Waals surface area contributed by atoms with E-state index in [1.54, 1.807) is 12.3 Å². The molecule has 0 radical (unpaired) electrons. The van der Waals surface area contributed by atoms with Crippen LogP contribution in [0, 0.1) is 3.57 Å². The minimum absolute atomic E-state index is 0.112. The lowest BCUT2D eigenvalue weighted by Crippen LogP contribution is -2.25. The molecule has 0 saturated heterocycles. The first-order valence-electron chi connectivity index (χ1n) is 10.1. The Bertz CT molecular complexity index is 1130. The summed E-state index contributed by atoms with van der Waals surface area (Å²) in [5.74, 6) is 0.875. The fourth-order valence-corrected chi connectivity index (χ4v) is 3.92. The van der Waals surface area contributed by atoms with Gasteiger partial charge in [0.1, 0.15) is 6.61 Å². The Morgan fingerprint density at radius 1 is 1.15 bits per heavy atom. The second-order valence-corrected chi connectivity index (χ2v) is 9.30. The van der Waals surface area contributed by atoms with Gasteiger partial charge in [-0.15, -0.1) is 0 Å². The van der Waals surface area contributed by atoms with Gasteiger partial charge in [0.05, 0.1) is 23.8 Å². The molecule has 0 aliphatic carbocycles. The van der Waals surface area contributed by atoms with Crippen LogP contribution in [-0.2, 0) is 11.4 Å². The van der Waals surface area contributed by atoms with E-state index in [0.717, 1.165) is 20.4 Å². The first-order valence-corrected chi connectivity index (χ1v) is 12.3. The van der Waals surface area contributed by atoms with Crippen molar-refractivity contribution in [3.05, 3.63) is 84.9 Å². The van der Waals surface area contributed by atoms with Crippen LogP contribution in [0.25, 0.3) is 0 Å². The summed E-state index contributed by atoms with van der Waals surface area (Å²) in [4.78, 5) is 12.1. The largest absolute Gasteiger partial charge is 0.490 e. The Kier molecular flexibility index (Phi) is 9.83. The lowest BCUT2D eigenvalue weighted by atomic mass is 10.2. The van der Waals surface area contributed by atoms with Crippen LogP contribution < -0.4 is 20.2 Å². The van der Waals surface area contributed by atoms with Gasteiger partial charge in [-0.05, 0) is 93.5 Å².